The Morgan fingerprint density at radius 3 is 2.67 bits per heavy atom. The molecule has 2 atom stereocenters. The van der Waals surface area contributed by atoms with Crippen molar-refractivity contribution in [3.8, 4) is 5.75 Å². The van der Waals surface area contributed by atoms with Gasteiger partial charge < -0.3 is 16.4 Å². The van der Waals surface area contributed by atoms with Gasteiger partial charge in [0.15, 0.2) is 6.10 Å². The van der Waals surface area contributed by atoms with Crippen molar-refractivity contribution in [1.82, 2.24) is 5.32 Å². The van der Waals surface area contributed by atoms with Crippen molar-refractivity contribution in [2.24, 2.45) is 0 Å². The van der Waals surface area contributed by atoms with Crippen molar-refractivity contribution < 1.29 is 40.1 Å². The summed E-state index contributed by atoms with van der Waals surface area (Å²) in [6.07, 6.45) is -1.63. The van der Waals surface area contributed by atoms with Crippen molar-refractivity contribution >= 4 is 12.0 Å². The van der Waals surface area contributed by atoms with E-state index in [2.05, 4.69) is 18.3 Å². The third kappa shape index (κ3) is 2.90. The minimum Gasteiger partial charge on any atom is -0.554 e. The molecule has 0 aromatic heterocycles. The minimum atomic E-state index is -0.896. The van der Waals surface area contributed by atoms with Gasteiger partial charge in [0.05, 0.1) is 7.11 Å². The predicted octanol–water partition coefficient (Wildman–Crippen LogP) is 1.05. The van der Waals surface area contributed by atoms with Crippen LogP contribution in [0.3, 0.4) is 0 Å². The van der Waals surface area contributed by atoms with E-state index in [1.165, 1.54) is 0 Å². The number of imide groups is 1. The van der Waals surface area contributed by atoms with E-state index < -0.39 is 24.0 Å². The fourth-order valence-corrected chi connectivity index (χ4v) is 1.58. The summed E-state index contributed by atoms with van der Waals surface area (Å²) in [4.78, 5) is 22.3. The summed E-state index contributed by atoms with van der Waals surface area (Å²) in [7, 11) is 1.55. The van der Waals surface area contributed by atoms with Gasteiger partial charge in [0.1, 0.15) is 0 Å². The maximum atomic E-state index is 11.4. The Kier molecular flexibility index (Phi) is 4.91. The Labute approximate surface area is 119 Å². The van der Waals surface area contributed by atoms with Crippen LogP contribution in [0.25, 0.3) is 0 Å². The second-order valence-electron chi connectivity index (χ2n) is 3.61. The number of amides is 2. The molecule has 2 unspecified atom stereocenters. The molecule has 0 saturated carbocycles. The summed E-state index contributed by atoms with van der Waals surface area (Å²) >= 11 is 0. The van der Waals surface area contributed by atoms with Crippen LogP contribution in [0.15, 0.2) is 18.2 Å². The normalized spacial score (nSPS) is 19.6. The first-order valence-electron chi connectivity index (χ1n) is 5.02. The second-order valence-corrected chi connectivity index (χ2v) is 3.61. The summed E-state index contributed by atoms with van der Waals surface area (Å²) in [5, 5.41) is 2.06. The number of cyclic esters (lactones) is 1. The molecule has 0 spiro atoms. The van der Waals surface area contributed by atoms with E-state index >= 15 is 0 Å². The van der Waals surface area contributed by atoms with Crippen molar-refractivity contribution in [2.45, 2.75) is 12.0 Å². The van der Waals surface area contributed by atoms with Gasteiger partial charge in [0.25, 0.3) is 5.91 Å². The van der Waals surface area contributed by atoms with Crippen molar-refractivity contribution in [1.29, 1.82) is 0 Å². The molecule has 6 heteroatoms. The fraction of sp³-hybridized carbons (Fsp3) is 0.250. The first kappa shape index (κ1) is 14.7. The molecule has 0 aliphatic carbocycles. The zero-order valence-electron chi connectivity index (χ0n) is 9.64. The predicted molar refractivity (Wildman–Crippen MR) is 58.3 cm³/mol. The third-order valence-corrected chi connectivity index (χ3v) is 2.53. The van der Waals surface area contributed by atoms with Crippen LogP contribution in [0.5, 0.6) is 5.75 Å². The van der Waals surface area contributed by atoms with Crippen LogP contribution in [-0.4, -0.2) is 25.2 Å². The molecular formula is C12H11NO4W. The molecule has 94 valence electrons. The number of nitrogens with one attached hydrogen (secondary N) is 1. The number of hydrogen-bond donors (Lipinski definition) is 1. The Morgan fingerprint density at radius 2 is 2.22 bits per heavy atom. The van der Waals surface area contributed by atoms with Crippen LogP contribution in [0.1, 0.15) is 11.5 Å². The van der Waals surface area contributed by atoms with Gasteiger partial charge in [-0.1, -0.05) is 0 Å². The third-order valence-electron chi connectivity index (χ3n) is 2.53. The number of ether oxygens (including phenoxy) is 2. The number of alkyl carbamates (subject to hydrolysis) is 1. The van der Waals surface area contributed by atoms with Gasteiger partial charge in [-0.05, 0) is 0 Å². The molecule has 1 aromatic rings. The molecule has 1 N–H and O–H groups in total. The monoisotopic (exact) mass is 417 g/mol. The van der Waals surface area contributed by atoms with Crippen LogP contribution in [-0.2, 0) is 30.6 Å². The quantitative estimate of drug-likeness (QED) is 0.748. The molecule has 1 fully saturated rings. The molecular weight excluding hydrogens is 406 g/mol. The van der Waals surface area contributed by atoms with Gasteiger partial charge in [-0.15, -0.1) is 18.1 Å². The van der Waals surface area contributed by atoms with Crippen LogP contribution in [0, 0.1) is 13.0 Å². The largest absolute Gasteiger partial charge is 2.00 e. The van der Waals surface area contributed by atoms with E-state index in [0.29, 0.717) is 11.3 Å². The number of methoxy groups -OCH3 is 1. The number of benzene rings is 1. The standard InChI is InChI=1S/C12H11NO4.W/c1-7(10-11(14)13-12(15)17-10)8-3-5-9(16-2)6-4-8;/h3,5-7,10H,1H2,2H3,(H,13,14,15);/q-2;+2. The van der Waals surface area contributed by atoms with Gasteiger partial charge in [0, 0.05) is 5.75 Å². The Hall–Kier alpha value is -1.35. The summed E-state index contributed by atoms with van der Waals surface area (Å²) in [5.41, 5.74) is 0.681. The summed E-state index contributed by atoms with van der Waals surface area (Å²) in [5.74, 6) is -0.305. The summed E-state index contributed by atoms with van der Waals surface area (Å²) < 4.78 is 9.83. The first-order chi connectivity index (χ1) is 8.11. The summed E-state index contributed by atoms with van der Waals surface area (Å²) in [6.45, 7) is 3.82. The van der Waals surface area contributed by atoms with Crippen molar-refractivity contribution in [3.05, 3.63) is 36.8 Å². The van der Waals surface area contributed by atoms with E-state index in [1.807, 2.05) is 0 Å². The van der Waals surface area contributed by atoms with Gasteiger partial charge in [0.2, 0.25) is 0 Å². The average Bonchev–Trinajstić information content (AvgIpc) is 2.68. The molecule has 18 heavy (non-hydrogen) atoms. The number of carbonyl (C=O) groups is 2. The molecule has 0 radical (unpaired) electrons. The van der Waals surface area contributed by atoms with E-state index in [-0.39, 0.29) is 21.1 Å². The number of rotatable bonds is 3. The molecule has 5 nitrogen and oxygen atoms in total. The molecule has 1 aromatic carbocycles. The Balaban J connectivity index is 0.00000162. The second kappa shape index (κ2) is 6.00. The number of hydrogen-bond acceptors (Lipinski definition) is 4. The van der Waals surface area contributed by atoms with Crippen molar-refractivity contribution in [2.75, 3.05) is 7.11 Å². The van der Waals surface area contributed by atoms with Crippen molar-refractivity contribution in [3.63, 3.8) is 0 Å². The Bertz CT molecular complexity index is 446. The number of carbonyl (C=O) groups excluding carboxylic acids is 2. The van der Waals surface area contributed by atoms with Crippen LogP contribution in [0.4, 0.5) is 4.79 Å². The van der Waals surface area contributed by atoms with E-state index in [1.54, 1.807) is 25.3 Å². The summed E-state index contributed by atoms with van der Waals surface area (Å²) in [6, 6.07) is 8.05. The smallest absolute Gasteiger partial charge is 0.554 e. The molecule has 1 aliphatic heterocycles. The van der Waals surface area contributed by atoms with Crippen LogP contribution >= 0.6 is 0 Å². The fourth-order valence-electron chi connectivity index (χ4n) is 1.58. The van der Waals surface area contributed by atoms with Gasteiger partial charge >= 0.3 is 27.2 Å². The molecule has 2 amide bonds. The molecule has 1 heterocycles. The average molecular weight is 417 g/mol. The van der Waals surface area contributed by atoms with E-state index in [0.717, 1.165) is 0 Å². The van der Waals surface area contributed by atoms with Crippen LogP contribution in [0.2, 0.25) is 0 Å². The van der Waals surface area contributed by atoms with Crippen LogP contribution < -0.4 is 10.1 Å². The zero-order chi connectivity index (χ0) is 12.4. The molecule has 1 saturated heterocycles. The van der Waals surface area contributed by atoms with E-state index in [9.17, 15) is 9.59 Å². The van der Waals surface area contributed by atoms with Gasteiger partial charge in [-0.3, -0.25) is 10.1 Å². The topological polar surface area (TPSA) is 64.6 Å². The maximum Gasteiger partial charge on any atom is 2.00 e. The minimum absolute atomic E-state index is 0. The molecule has 2 rings (SSSR count). The maximum absolute atomic E-state index is 11.4. The Morgan fingerprint density at radius 1 is 1.50 bits per heavy atom. The van der Waals surface area contributed by atoms with E-state index in [4.69, 9.17) is 9.47 Å². The van der Waals surface area contributed by atoms with Gasteiger partial charge in [-0.25, -0.2) is 4.79 Å². The molecule has 0 bridgehead atoms. The molecule has 1 aliphatic rings. The SMILES string of the molecule is [CH2-]C(c1[c-]cc(OC)cc1)C1OC(=O)NC1=O.[W+2]. The van der Waals surface area contributed by atoms with Gasteiger partial charge in [-0.2, -0.15) is 17.7 Å². The first-order valence-corrected chi connectivity index (χ1v) is 5.02. The zero-order valence-corrected chi connectivity index (χ0v) is 12.6.